The van der Waals surface area contributed by atoms with Crippen molar-refractivity contribution in [3.63, 3.8) is 0 Å². The van der Waals surface area contributed by atoms with Gasteiger partial charge in [-0.2, -0.15) is 5.10 Å². The summed E-state index contributed by atoms with van der Waals surface area (Å²) in [5.74, 6) is 0.801. The first-order valence-electron chi connectivity index (χ1n) is 9.03. The lowest BCUT2D eigenvalue weighted by atomic mass is 10.2. The van der Waals surface area contributed by atoms with Crippen LogP contribution in [0.15, 0.2) is 46.0 Å². The van der Waals surface area contributed by atoms with E-state index in [9.17, 15) is 14.9 Å². The quantitative estimate of drug-likeness (QED) is 0.267. The number of nitrogens with one attached hydrogen (secondary N) is 1. The van der Waals surface area contributed by atoms with Gasteiger partial charge >= 0.3 is 0 Å². The van der Waals surface area contributed by atoms with Gasteiger partial charge in [-0.1, -0.05) is 0 Å². The molecule has 30 heavy (non-hydrogen) atoms. The molecule has 1 amide bonds. The van der Waals surface area contributed by atoms with Gasteiger partial charge in [-0.05, 0) is 54.0 Å². The molecule has 0 saturated heterocycles. The van der Waals surface area contributed by atoms with Crippen molar-refractivity contribution < 1.29 is 19.2 Å². The lowest BCUT2D eigenvalue weighted by Crippen LogP contribution is -2.16. The van der Waals surface area contributed by atoms with Crippen molar-refractivity contribution in [2.75, 3.05) is 13.2 Å². The minimum absolute atomic E-state index is 0.0178. The molecule has 156 valence electrons. The van der Waals surface area contributed by atoms with E-state index in [0.29, 0.717) is 40.5 Å². The van der Waals surface area contributed by atoms with E-state index in [1.165, 1.54) is 29.7 Å². The van der Waals surface area contributed by atoms with Gasteiger partial charge in [0.05, 0.1) is 29.2 Å². The van der Waals surface area contributed by atoms with Gasteiger partial charge in [-0.25, -0.2) is 5.43 Å². The van der Waals surface area contributed by atoms with Crippen LogP contribution in [-0.4, -0.2) is 30.3 Å². The van der Waals surface area contributed by atoms with Crippen molar-refractivity contribution in [3.8, 4) is 11.5 Å². The van der Waals surface area contributed by atoms with Gasteiger partial charge in [0, 0.05) is 32.3 Å². The molecule has 0 spiro atoms. The highest BCUT2D eigenvalue weighted by atomic mass is 79.9. The molecule has 0 fully saturated rings. The molecule has 10 heteroatoms. The van der Waals surface area contributed by atoms with Gasteiger partial charge in [-0.3, -0.25) is 14.9 Å². The zero-order valence-corrected chi connectivity index (χ0v) is 18.6. The summed E-state index contributed by atoms with van der Waals surface area (Å²) in [6, 6.07) is 9.65. The number of fused-ring (bicyclic) bond motifs is 1. The highest BCUT2D eigenvalue weighted by molar-refractivity contribution is 9.10. The van der Waals surface area contributed by atoms with Crippen LogP contribution in [0.1, 0.15) is 29.1 Å². The number of ether oxygens (including phenoxy) is 2. The second kappa shape index (κ2) is 9.68. The average molecular weight is 492 g/mol. The Morgan fingerprint density at radius 1 is 1.20 bits per heavy atom. The standard InChI is InChI=1S/C20H18BrN3O5S/c1-3-28-16-8-13(15(21)10-17(16)29-4-2)11-22-23-20(25)19-9-12-7-14(24(26)27)5-6-18(12)30-19/h5-11H,3-4H2,1-2H3,(H,23,25). The first-order chi connectivity index (χ1) is 14.4. The zero-order chi connectivity index (χ0) is 21.7. The smallest absolute Gasteiger partial charge is 0.281 e. The highest BCUT2D eigenvalue weighted by Gasteiger charge is 2.13. The fourth-order valence-corrected chi connectivity index (χ4v) is 4.02. The van der Waals surface area contributed by atoms with E-state index in [-0.39, 0.29) is 5.69 Å². The summed E-state index contributed by atoms with van der Waals surface area (Å²) >= 11 is 4.70. The number of nitro benzene ring substituents is 1. The van der Waals surface area contributed by atoms with Gasteiger partial charge in [-0.15, -0.1) is 11.3 Å². The molecule has 2 aromatic carbocycles. The third-order valence-electron chi connectivity index (χ3n) is 3.97. The van der Waals surface area contributed by atoms with Crippen LogP contribution in [0.25, 0.3) is 10.1 Å². The van der Waals surface area contributed by atoms with Gasteiger partial charge in [0.25, 0.3) is 11.6 Å². The molecule has 0 radical (unpaired) electrons. The zero-order valence-electron chi connectivity index (χ0n) is 16.2. The maximum Gasteiger partial charge on any atom is 0.281 e. The average Bonchev–Trinajstić information content (AvgIpc) is 3.14. The van der Waals surface area contributed by atoms with E-state index in [1.807, 2.05) is 13.8 Å². The third kappa shape index (κ3) is 4.95. The number of hydrogen-bond donors (Lipinski definition) is 1. The summed E-state index contributed by atoms with van der Waals surface area (Å²) in [4.78, 5) is 23.3. The maximum atomic E-state index is 12.4. The fraction of sp³-hybridized carbons (Fsp3) is 0.200. The number of amides is 1. The van der Waals surface area contributed by atoms with E-state index < -0.39 is 10.8 Å². The van der Waals surface area contributed by atoms with Crippen LogP contribution in [0, 0.1) is 10.1 Å². The Morgan fingerprint density at radius 2 is 1.90 bits per heavy atom. The summed E-state index contributed by atoms with van der Waals surface area (Å²) in [5.41, 5.74) is 3.16. The number of thiophene rings is 1. The second-order valence-electron chi connectivity index (χ2n) is 5.98. The van der Waals surface area contributed by atoms with Crippen LogP contribution in [0.5, 0.6) is 11.5 Å². The SMILES string of the molecule is CCOc1cc(Br)c(C=NNC(=O)c2cc3cc([N+](=O)[O-])ccc3s2)cc1OCC. The Labute approximate surface area is 184 Å². The maximum absolute atomic E-state index is 12.4. The van der Waals surface area contributed by atoms with Crippen LogP contribution in [0.2, 0.25) is 0 Å². The van der Waals surface area contributed by atoms with Crippen molar-refractivity contribution in [1.82, 2.24) is 5.43 Å². The number of hydrogen-bond acceptors (Lipinski definition) is 7. The Hall–Kier alpha value is -2.98. The van der Waals surface area contributed by atoms with Crippen molar-refractivity contribution in [3.05, 3.63) is 61.4 Å². The van der Waals surface area contributed by atoms with Gasteiger partial charge in [0.2, 0.25) is 0 Å². The summed E-state index contributed by atoms with van der Waals surface area (Å²) in [6.07, 6.45) is 1.50. The molecule has 1 N–H and O–H groups in total. The number of benzene rings is 2. The molecule has 0 saturated carbocycles. The van der Waals surface area contributed by atoms with Crippen LogP contribution in [0.4, 0.5) is 5.69 Å². The van der Waals surface area contributed by atoms with E-state index in [2.05, 4.69) is 26.5 Å². The monoisotopic (exact) mass is 491 g/mol. The largest absolute Gasteiger partial charge is 0.490 e. The normalized spacial score (nSPS) is 11.0. The molecule has 3 rings (SSSR count). The molecule has 1 heterocycles. The number of nitrogens with zero attached hydrogens (tertiary/aromatic N) is 2. The lowest BCUT2D eigenvalue weighted by Gasteiger charge is -2.12. The number of hydrazone groups is 1. The predicted octanol–water partition coefficient (Wildman–Crippen LogP) is 5.13. The minimum Gasteiger partial charge on any atom is -0.490 e. The fourth-order valence-electron chi connectivity index (χ4n) is 2.66. The van der Waals surface area contributed by atoms with Crippen LogP contribution in [0.3, 0.4) is 0 Å². The summed E-state index contributed by atoms with van der Waals surface area (Å²) < 4.78 is 12.7. The van der Waals surface area contributed by atoms with Gasteiger partial charge < -0.3 is 9.47 Å². The lowest BCUT2D eigenvalue weighted by molar-refractivity contribution is -0.384. The van der Waals surface area contributed by atoms with E-state index >= 15 is 0 Å². The van der Waals surface area contributed by atoms with E-state index in [0.717, 1.165) is 9.17 Å². The number of carbonyl (C=O) groups excluding carboxylic acids is 1. The van der Waals surface area contributed by atoms with Crippen molar-refractivity contribution in [2.45, 2.75) is 13.8 Å². The molecule has 1 aromatic heterocycles. The Kier molecular flexibility index (Phi) is 7.01. The molecule has 0 aliphatic heterocycles. The molecule has 0 aliphatic rings. The first kappa shape index (κ1) is 21.7. The third-order valence-corrected chi connectivity index (χ3v) is 5.77. The van der Waals surface area contributed by atoms with Gasteiger partial charge in [0.15, 0.2) is 11.5 Å². The minimum atomic E-state index is -0.466. The molecular formula is C20H18BrN3O5S. The predicted molar refractivity (Wildman–Crippen MR) is 120 cm³/mol. The molecule has 8 nitrogen and oxygen atoms in total. The molecule has 0 bridgehead atoms. The van der Waals surface area contributed by atoms with Crippen molar-refractivity contribution >= 4 is 55.2 Å². The number of halogens is 1. The van der Waals surface area contributed by atoms with Crippen LogP contribution >= 0.6 is 27.3 Å². The topological polar surface area (TPSA) is 103 Å². The molecule has 0 atom stereocenters. The molecule has 3 aromatic rings. The van der Waals surface area contributed by atoms with Crippen molar-refractivity contribution in [2.24, 2.45) is 5.10 Å². The van der Waals surface area contributed by atoms with Crippen molar-refractivity contribution in [1.29, 1.82) is 0 Å². The Balaban J connectivity index is 1.76. The number of non-ortho nitro benzene ring substituents is 1. The second-order valence-corrected chi connectivity index (χ2v) is 7.91. The highest BCUT2D eigenvalue weighted by Crippen LogP contribution is 2.33. The molecule has 0 unspecified atom stereocenters. The first-order valence-corrected chi connectivity index (χ1v) is 10.6. The number of nitro groups is 1. The van der Waals surface area contributed by atoms with Crippen LogP contribution in [-0.2, 0) is 0 Å². The Bertz CT molecular complexity index is 1130. The summed E-state index contributed by atoms with van der Waals surface area (Å²) in [6.45, 7) is 4.76. The summed E-state index contributed by atoms with van der Waals surface area (Å²) in [7, 11) is 0. The van der Waals surface area contributed by atoms with Gasteiger partial charge in [0.1, 0.15) is 0 Å². The number of carbonyl (C=O) groups is 1. The van der Waals surface area contributed by atoms with Crippen LogP contribution < -0.4 is 14.9 Å². The number of rotatable bonds is 8. The van der Waals surface area contributed by atoms with E-state index in [4.69, 9.17) is 9.47 Å². The Morgan fingerprint density at radius 3 is 2.57 bits per heavy atom. The molecular weight excluding hydrogens is 474 g/mol. The van der Waals surface area contributed by atoms with E-state index in [1.54, 1.807) is 24.3 Å². The molecule has 0 aliphatic carbocycles. The summed E-state index contributed by atoms with van der Waals surface area (Å²) in [5, 5.41) is 15.6.